The number of hydrogen-bond donors (Lipinski definition) is 2. The molecule has 2 rings (SSSR count). The Kier molecular flexibility index (Phi) is 5.96. The number of esters is 4. The van der Waals surface area contributed by atoms with Crippen molar-refractivity contribution in [2.45, 2.75) is 0 Å². The number of aromatic carboxylic acids is 2. The van der Waals surface area contributed by atoms with E-state index in [2.05, 4.69) is 9.47 Å². The summed E-state index contributed by atoms with van der Waals surface area (Å²) in [6.45, 7) is 0. The van der Waals surface area contributed by atoms with Crippen molar-refractivity contribution in [2.24, 2.45) is 0 Å². The molecule has 0 saturated carbocycles. The van der Waals surface area contributed by atoms with Gasteiger partial charge in [0.05, 0.1) is 22.3 Å². The average molecular weight is 386 g/mol. The van der Waals surface area contributed by atoms with Crippen molar-refractivity contribution >= 4 is 35.8 Å². The van der Waals surface area contributed by atoms with Crippen molar-refractivity contribution in [2.75, 3.05) is 0 Å². The van der Waals surface area contributed by atoms with Gasteiger partial charge in [-0.2, -0.15) is 0 Å². The molecule has 0 aromatic heterocycles. The molecule has 0 radical (unpaired) electrons. The third-order valence-electron chi connectivity index (χ3n) is 3.29. The highest BCUT2D eigenvalue weighted by Gasteiger charge is 2.28. The molecular formula is C18H10O10. The molecule has 2 N–H and O–H groups in total. The molecule has 0 aliphatic heterocycles. The lowest BCUT2D eigenvalue weighted by Crippen LogP contribution is -2.27. The Morgan fingerprint density at radius 1 is 0.536 bits per heavy atom. The molecule has 0 amide bonds. The number of hydrogen-bond acceptors (Lipinski definition) is 8. The van der Waals surface area contributed by atoms with Crippen LogP contribution in [0.15, 0.2) is 48.5 Å². The third-order valence-corrected chi connectivity index (χ3v) is 3.29. The lowest BCUT2D eigenvalue weighted by Gasteiger charge is -2.06. The van der Waals surface area contributed by atoms with E-state index < -0.39 is 58.1 Å². The van der Waals surface area contributed by atoms with Crippen molar-refractivity contribution in [3.63, 3.8) is 0 Å². The number of carboxylic acid groups (broad SMARTS) is 2. The molecule has 28 heavy (non-hydrogen) atoms. The quantitative estimate of drug-likeness (QED) is 0.443. The van der Waals surface area contributed by atoms with Gasteiger partial charge in [0.2, 0.25) is 0 Å². The van der Waals surface area contributed by atoms with Crippen LogP contribution in [0.3, 0.4) is 0 Å². The molecule has 2 aromatic carbocycles. The molecule has 0 bridgehead atoms. The van der Waals surface area contributed by atoms with Crippen molar-refractivity contribution in [1.29, 1.82) is 0 Å². The van der Waals surface area contributed by atoms with Gasteiger partial charge in [0, 0.05) is 0 Å². The standard InChI is InChI=1S/C18H10O10/c19-13(20)9-5-1-3-7-11(9)15(23)27-17(25)18(26)28-16(24)12-8-4-2-6-10(12)14(21)22/h1-8H,(H,19,20)(H,21,22). The number of benzene rings is 2. The topological polar surface area (TPSA) is 161 Å². The summed E-state index contributed by atoms with van der Waals surface area (Å²) in [4.78, 5) is 69.3. The second kappa shape index (κ2) is 8.36. The summed E-state index contributed by atoms with van der Waals surface area (Å²) in [5.74, 6) is -9.60. The van der Waals surface area contributed by atoms with Gasteiger partial charge in [0.1, 0.15) is 0 Å². The van der Waals surface area contributed by atoms with E-state index in [-0.39, 0.29) is 0 Å². The Labute approximate surface area is 155 Å². The highest BCUT2D eigenvalue weighted by molar-refractivity contribution is 6.34. The molecule has 0 heterocycles. The second-order valence-corrected chi connectivity index (χ2v) is 5.06. The first kappa shape index (κ1) is 20.0. The van der Waals surface area contributed by atoms with Crippen molar-refractivity contribution in [1.82, 2.24) is 0 Å². The molecule has 142 valence electrons. The summed E-state index contributed by atoms with van der Waals surface area (Å²) in [6, 6.07) is 9.53. The van der Waals surface area contributed by atoms with Crippen LogP contribution in [0, 0.1) is 0 Å². The van der Waals surface area contributed by atoms with Gasteiger partial charge in [-0.15, -0.1) is 0 Å². The molecule has 0 saturated heterocycles. The summed E-state index contributed by atoms with van der Waals surface area (Å²) in [5.41, 5.74) is -1.95. The van der Waals surface area contributed by atoms with Gasteiger partial charge in [-0.25, -0.2) is 28.8 Å². The Bertz CT molecular complexity index is 923. The Balaban J connectivity index is 2.11. The Morgan fingerprint density at radius 2 is 0.821 bits per heavy atom. The third kappa shape index (κ3) is 4.43. The minimum Gasteiger partial charge on any atom is -0.478 e. The van der Waals surface area contributed by atoms with Gasteiger partial charge in [-0.3, -0.25) is 0 Å². The van der Waals surface area contributed by atoms with E-state index in [1.54, 1.807) is 0 Å². The van der Waals surface area contributed by atoms with Crippen molar-refractivity contribution in [3.05, 3.63) is 70.8 Å². The summed E-state index contributed by atoms with van der Waals surface area (Å²) in [7, 11) is 0. The van der Waals surface area contributed by atoms with E-state index in [9.17, 15) is 28.8 Å². The normalized spacial score (nSPS) is 9.86. The lowest BCUT2D eigenvalue weighted by atomic mass is 10.1. The van der Waals surface area contributed by atoms with Crippen molar-refractivity contribution < 1.29 is 48.5 Å². The molecule has 0 fully saturated rings. The van der Waals surface area contributed by atoms with E-state index in [0.29, 0.717) is 0 Å². The van der Waals surface area contributed by atoms with Crippen LogP contribution in [0.25, 0.3) is 0 Å². The van der Waals surface area contributed by atoms with Gasteiger partial charge < -0.3 is 19.7 Å². The van der Waals surface area contributed by atoms with Crippen LogP contribution < -0.4 is 0 Å². The molecule has 2 aromatic rings. The molecule has 0 spiro atoms. The lowest BCUT2D eigenvalue weighted by molar-refractivity contribution is -0.160. The average Bonchev–Trinajstić information content (AvgIpc) is 2.67. The fourth-order valence-corrected chi connectivity index (χ4v) is 2.06. The van der Waals surface area contributed by atoms with Gasteiger partial charge in [-0.05, 0) is 24.3 Å². The highest BCUT2D eigenvalue weighted by atomic mass is 16.6. The number of rotatable bonds is 4. The predicted octanol–water partition coefficient (Wildman–Crippen LogP) is 1.15. The highest BCUT2D eigenvalue weighted by Crippen LogP contribution is 2.12. The SMILES string of the molecule is O=C(OC(=O)c1ccccc1C(=O)O)C(=O)OC(=O)c1ccccc1C(=O)O. The first-order chi connectivity index (χ1) is 13.2. The van der Waals surface area contributed by atoms with Crippen LogP contribution >= 0.6 is 0 Å². The predicted molar refractivity (Wildman–Crippen MR) is 87.6 cm³/mol. The number of ether oxygens (including phenoxy) is 2. The maximum atomic E-state index is 11.9. The van der Waals surface area contributed by atoms with Crippen molar-refractivity contribution in [3.8, 4) is 0 Å². The van der Waals surface area contributed by atoms with Gasteiger partial charge in [0.15, 0.2) is 0 Å². The first-order valence-electron chi connectivity index (χ1n) is 7.39. The monoisotopic (exact) mass is 386 g/mol. The van der Waals surface area contributed by atoms with Gasteiger partial charge in [-0.1, -0.05) is 24.3 Å². The summed E-state index contributed by atoms with van der Waals surface area (Å²) in [5, 5.41) is 18.0. The Hall–Kier alpha value is -4.34. The van der Waals surface area contributed by atoms with E-state index in [0.717, 1.165) is 24.3 Å². The molecule has 0 aliphatic rings. The van der Waals surface area contributed by atoms with Crippen LogP contribution in [-0.4, -0.2) is 46.0 Å². The largest absolute Gasteiger partial charge is 0.478 e. The van der Waals surface area contributed by atoms with Crippen LogP contribution in [0.5, 0.6) is 0 Å². The zero-order valence-corrected chi connectivity index (χ0v) is 13.8. The molecular weight excluding hydrogens is 376 g/mol. The van der Waals surface area contributed by atoms with Crippen LogP contribution in [0.1, 0.15) is 41.4 Å². The molecule has 0 aliphatic carbocycles. The van der Waals surface area contributed by atoms with Crippen LogP contribution in [0.4, 0.5) is 0 Å². The maximum absolute atomic E-state index is 11.9. The molecule has 10 nitrogen and oxygen atoms in total. The van der Waals surface area contributed by atoms with E-state index in [1.165, 1.54) is 24.3 Å². The number of carbonyl (C=O) groups is 6. The second-order valence-electron chi connectivity index (χ2n) is 5.06. The molecule has 0 unspecified atom stereocenters. The maximum Gasteiger partial charge on any atom is 0.425 e. The summed E-state index contributed by atoms with van der Waals surface area (Å²) < 4.78 is 8.44. The number of carbonyl (C=O) groups excluding carboxylic acids is 4. The first-order valence-corrected chi connectivity index (χ1v) is 7.39. The van der Waals surface area contributed by atoms with Gasteiger partial charge >= 0.3 is 35.8 Å². The fraction of sp³-hybridized carbons (Fsp3) is 0. The zero-order valence-electron chi connectivity index (χ0n) is 13.8. The Morgan fingerprint density at radius 3 is 1.11 bits per heavy atom. The van der Waals surface area contributed by atoms with Gasteiger partial charge in [0.25, 0.3) is 0 Å². The zero-order chi connectivity index (χ0) is 20.8. The van der Waals surface area contributed by atoms with E-state index >= 15 is 0 Å². The van der Waals surface area contributed by atoms with Crippen LogP contribution in [-0.2, 0) is 19.1 Å². The van der Waals surface area contributed by atoms with Crippen LogP contribution in [0.2, 0.25) is 0 Å². The minimum atomic E-state index is -1.88. The number of carboxylic acids is 2. The van der Waals surface area contributed by atoms with E-state index in [4.69, 9.17) is 10.2 Å². The minimum absolute atomic E-state index is 0.472. The van der Waals surface area contributed by atoms with E-state index in [1.807, 2.05) is 0 Å². The fourth-order valence-electron chi connectivity index (χ4n) is 2.06. The summed E-state index contributed by atoms with van der Waals surface area (Å²) >= 11 is 0. The molecule has 10 heteroatoms. The summed E-state index contributed by atoms with van der Waals surface area (Å²) in [6.07, 6.45) is 0. The molecule has 0 atom stereocenters. The smallest absolute Gasteiger partial charge is 0.425 e.